The van der Waals surface area contributed by atoms with Crippen LogP contribution in [0.5, 0.6) is 0 Å². The van der Waals surface area contributed by atoms with Gasteiger partial charge in [0.25, 0.3) is 0 Å². The van der Waals surface area contributed by atoms with Gasteiger partial charge in [0.2, 0.25) is 5.78 Å². The molecule has 1 saturated heterocycles. The predicted molar refractivity (Wildman–Crippen MR) is 153 cm³/mol. The number of para-hydroxylation sites is 1. The SMILES string of the molecule is Cc1cccc(NC(=O)NC2C(=O)C(c3ccccc3)c3ccccc3N(CCN3CCCCCC3)[N+]2=O)c1. The molecule has 2 amide bonds. The summed E-state index contributed by atoms with van der Waals surface area (Å²) in [5.74, 6) is -1.08. The third-order valence-electron chi connectivity index (χ3n) is 7.54. The van der Waals surface area contributed by atoms with E-state index < -0.39 is 18.1 Å². The number of anilines is 2. The van der Waals surface area contributed by atoms with Gasteiger partial charge in [-0.1, -0.05) is 73.5 Å². The lowest BCUT2D eigenvalue weighted by Gasteiger charge is -2.23. The van der Waals surface area contributed by atoms with E-state index in [1.54, 1.807) is 11.1 Å². The van der Waals surface area contributed by atoms with E-state index in [1.807, 2.05) is 79.7 Å². The first-order valence-electron chi connectivity index (χ1n) is 13.8. The van der Waals surface area contributed by atoms with Crippen LogP contribution in [0.1, 0.15) is 48.3 Å². The van der Waals surface area contributed by atoms with E-state index in [9.17, 15) is 14.5 Å². The summed E-state index contributed by atoms with van der Waals surface area (Å²) in [4.78, 5) is 44.3. The maximum Gasteiger partial charge on any atom is 0.369 e. The molecule has 0 spiro atoms. The number of aryl methyl sites for hydroxylation is 1. The van der Waals surface area contributed by atoms with E-state index in [1.165, 1.54) is 12.8 Å². The molecule has 0 aliphatic carbocycles. The highest BCUT2D eigenvalue weighted by Gasteiger charge is 2.49. The highest BCUT2D eigenvalue weighted by molar-refractivity contribution is 5.98. The van der Waals surface area contributed by atoms with E-state index in [-0.39, 0.29) is 5.78 Å². The van der Waals surface area contributed by atoms with Crippen molar-refractivity contribution in [2.45, 2.75) is 44.7 Å². The molecule has 0 radical (unpaired) electrons. The standard InChI is InChI=1S/C31H35N5O3/c1-23-12-11-15-25(22-23)32-31(38)33-30-29(37)28(24-13-5-4-6-14-24)26-16-7-8-17-27(26)35(36(30)39)21-20-34-18-9-2-3-10-19-34/h4-8,11-17,22,28,30H,2-3,9-10,18-21H2,1H3,(H-,32,33,38)/p+1. The molecule has 5 rings (SSSR count). The van der Waals surface area contributed by atoms with Gasteiger partial charge in [0.1, 0.15) is 5.69 Å². The fraction of sp³-hybridized carbons (Fsp3) is 0.355. The second-order valence-electron chi connectivity index (χ2n) is 10.4. The minimum Gasteiger partial charge on any atom is -0.308 e. The Hall–Kier alpha value is -4.04. The first kappa shape index (κ1) is 26.6. The number of likely N-dealkylation sites (tertiary alicyclic amines) is 1. The topological polar surface area (TPSA) is 84.8 Å². The van der Waals surface area contributed by atoms with Crippen LogP contribution in [-0.4, -0.2) is 53.9 Å². The molecule has 2 atom stereocenters. The summed E-state index contributed by atoms with van der Waals surface area (Å²) in [7, 11) is 0. The molecule has 39 heavy (non-hydrogen) atoms. The van der Waals surface area contributed by atoms with E-state index in [0.717, 1.165) is 42.6 Å². The van der Waals surface area contributed by atoms with Gasteiger partial charge in [-0.25, -0.2) is 4.79 Å². The van der Waals surface area contributed by atoms with Crippen molar-refractivity contribution >= 4 is 23.2 Å². The van der Waals surface area contributed by atoms with Gasteiger partial charge in [-0.2, -0.15) is 0 Å². The largest absolute Gasteiger partial charge is 0.369 e. The average molecular weight is 527 g/mol. The summed E-state index contributed by atoms with van der Waals surface area (Å²) in [6, 6.07) is 23.8. The van der Waals surface area contributed by atoms with E-state index in [4.69, 9.17) is 0 Å². The van der Waals surface area contributed by atoms with Gasteiger partial charge in [0.15, 0.2) is 4.87 Å². The maximum absolute atomic E-state index is 14.1. The maximum atomic E-state index is 14.1. The fourth-order valence-electron chi connectivity index (χ4n) is 5.58. The Morgan fingerprint density at radius 2 is 1.62 bits per heavy atom. The van der Waals surface area contributed by atoms with E-state index in [2.05, 4.69) is 15.5 Å². The van der Waals surface area contributed by atoms with Gasteiger partial charge in [0, 0.05) is 12.2 Å². The van der Waals surface area contributed by atoms with E-state index >= 15 is 0 Å². The van der Waals surface area contributed by atoms with Gasteiger partial charge >= 0.3 is 12.2 Å². The molecule has 0 aromatic heterocycles. The highest BCUT2D eigenvalue weighted by Crippen LogP contribution is 2.37. The number of rotatable bonds is 6. The molecule has 2 unspecified atom stereocenters. The van der Waals surface area contributed by atoms with Crippen molar-refractivity contribution in [3.8, 4) is 0 Å². The van der Waals surface area contributed by atoms with Gasteiger partial charge in [0.05, 0.1) is 17.4 Å². The second-order valence-corrected chi connectivity index (χ2v) is 10.4. The van der Waals surface area contributed by atoms with E-state index in [0.29, 0.717) is 29.3 Å². The fourth-order valence-corrected chi connectivity index (χ4v) is 5.58. The van der Waals surface area contributed by atoms with Crippen LogP contribution < -0.4 is 15.6 Å². The predicted octanol–water partition coefficient (Wildman–Crippen LogP) is 5.23. The number of carbonyl (C=O) groups excluding carboxylic acids is 2. The van der Waals surface area contributed by atoms with Crippen molar-refractivity contribution in [1.29, 1.82) is 0 Å². The molecular formula is C31H36N5O3+. The highest BCUT2D eigenvalue weighted by atomic mass is 16.3. The number of carbonyl (C=O) groups is 2. The van der Waals surface area contributed by atoms with Crippen molar-refractivity contribution in [1.82, 2.24) is 10.2 Å². The Morgan fingerprint density at radius 3 is 2.36 bits per heavy atom. The number of nitrogens with zero attached hydrogens (tertiary/aromatic N) is 3. The van der Waals surface area contributed by atoms with Crippen molar-refractivity contribution in [2.75, 3.05) is 36.5 Å². The monoisotopic (exact) mass is 526 g/mol. The number of hydrogen-bond donors (Lipinski definition) is 2. The number of Topliss-reactive ketones (excluding diaryl/α,β-unsaturated/α-hetero) is 1. The summed E-state index contributed by atoms with van der Waals surface area (Å²) in [5.41, 5.74) is 3.81. The molecular weight excluding hydrogens is 490 g/mol. The van der Waals surface area contributed by atoms with Crippen LogP contribution in [0, 0.1) is 11.8 Å². The summed E-state index contributed by atoms with van der Waals surface area (Å²) < 4.78 is 0. The van der Waals surface area contributed by atoms with Crippen LogP contribution in [0.25, 0.3) is 0 Å². The van der Waals surface area contributed by atoms with Crippen molar-refractivity contribution in [3.05, 3.63) is 100 Å². The zero-order valence-electron chi connectivity index (χ0n) is 22.4. The molecule has 8 heteroatoms. The number of benzene rings is 3. The summed E-state index contributed by atoms with van der Waals surface area (Å²) in [6.07, 6.45) is 3.35. The Morgan fingerprint density at radius 1 is 0.897 bits per heavy atom. The number of hydrogen-bond acceptors (Lipinski definition) is 4. The second kappa shape index (κ2) is 12.2. The summed E-state index contributed by atoms with van der Waals surface area (Å²) >= 11 is 0. The average Bonchev–Trinajstić information content (AvgIpc) is 3.25. The number of amides is 2. The molecule has 3 aromatic carbocycles. The van der Waals surface area contributed by atoms with Crippen molar-refractivity contribution in [3.63, 3.8) is 0 Å². The van der Waals surface area contributed by atoms with Gasteiger partial charge in [-0.05, 0) is 67.7 Å². The van der Waals surface area contributed by atoms with Crippen LogP contribution in [-0.2, 0) is 4.79 Å². The van der Waals surface area contributed by atoms with Gasteiger partial charge in [-0.15, -0.1) is 5.01 Å². The van der Waals surface area contributed by atoms with Crippen LogP contribution in [0.2, 0.25) is 0 Å². The molecule has 0 saturated carbocycles. The summed E-state index contributed by atoms with van der Waals surface area (Å²) in [5, 5.41) is 7.10. The Bertz CT molecular complexity index is 1320. The number of nitroso groups, excluding NO2 is 1. The molecule has 1 fully saturated rings. The number of fused-ring (bicyclic) bond motifs is 1. The molecule has 2 aliphatic heterocycles. The molecule has 0 bridgehead atoms. The quantitative estimate of drug-likeness (QED) is 0.430. The molecule has 8 nitrogen and oxygen atoms in total. The zero-order valence-corrected chi connectivity index (χ0v) is 22.4. The Kier molecular flexibility index (Phi) is 8.32. The Labute approximate surface area is 229 Å². The first-order chi connectivity index (χ1) is 19.0. The smallest absolute Gasteiger partial charge is 0.308 e. The number of nitrogens with one attached hydrogen (secondary N) is 2. The third kappa shape index (κ3) is 6.17. The molecule has 2 aliphatic rings. The van der Waals surface area contributed by atoms with Crippen LogP contribution >= 0.6 is 0 Å². The molecule has 202 valence electrons. The van der Waals surface area contributed by atoms with Crippen molar-refractivity contribution < 1.29 is 14.5 Å². The third-order valence-corrected chi connectivity index (χ3v) is 7.54. The minimum atomic E-state index is -1.41. The van der Waals surface area contributed by atoms with Crippen LogP contribution in [0.3, 0.4) is 0 Å². The lowest BCUT2D eigenvalue weighted by Crippen LogP contribution is -2.55. The van der Waals surface area contributed by atoms with Gasteiger partial charge < -0.3 is 10.2 Å². The number of ketones is 1. The lowest BCUT2D eigenvalue weighted by atomic mass is 9.86. The number of hydrazine groups is 1. The van der Waals surface area contributed by atoms with Crippen molar-refractivity contribution in [2.24, 2.45) is 0 Å². The normalized spacial score (nSPS) is 20.1. The number of urea groups is 1. The summed E-state index contributed by atoms with van der Waals surface area (Å²) in [6.45, 7) is 5.04. The Balaban J connectivity index is 1.48. The minimum absolute atomic E-state index is 0.375. The molecule has 3 aromatic rings. The van der Waals surface area contributed by atoms with Crippen LogP contribution in [0.15, 0.2) is 78.9 Å². The lowest BCUT2D eigenvalue weighted by molar-refractivity contribution is -0.587. The zero-order chi connectivity index (χ0) is 27.2. The van der Waals surface area contributed by atoms with Gasteiger partial charge in [-0.3, -0.25) is 10.1 Å². The molecule has 2 N–H and O–H groups in total. The molecule has 2 heterocycles. The first-order valence-corrected chi connectivity index (χ1v) is 13.8. The van der Waals surface area contributed by atoms with Crippen LogP contribution in [0.4, 0.5) is 16.2 Å².